The molecule has 0 aliphatic heterocycles. The zero-order valence-corrected chi connectivity index (χ0v) is 16.0. The van der Waals surface area contributed by atoms with E-state index in [0.29, 0.717) is 0 Å². The van der Waals surface area contributed by atoms with Gasteiger partial charge < -0.3 is 0 Å². The van der Waals surface area contributed by atoms with E-state index in [1.807, 2.05) is 0 Å². The summed E-state index contributed by atoms with van der Waals surface area (Å²) < 4.78 is 0. The topological polar surface area (TPSA) is 0 Å². The molecule has 0 heterocycles. The van der Waals surface area contributed by atoms with E-state index in [9.17, 15) is 0 Å². The van der Waals surface area contributed by atoms with Crippen LogP contribution in [-0.2, 0) is 6.42 Å². The lowest BCUT2D eigenvalue weighted by Gasteiger charge is -2.14. The molecule has 0 saturated heterocycles. The monoisotopic (exact) mass is 341 g/mol. The van der Waals surface area contributed by atoms with E-state index in [0.717, 1.165) is 0 Å². The van der Waals surface area contributed by atoms with Crippen molar-refractivity contribution in [2.75, 3.05) is 0 Å². The lowest BCUT2D eigenvalue weighted by Crippen LogP contribution is -1.92. The van der Waals surface area contributed by atoms with Crippen molar-refractivity contribution in [1.29, 1.82) is 0 Å². The molecule has 1 radical (unpaired) electrons. The molecule has 0 heteroatoms. The Bertz CT molecular complexity index is 979. The average molecular weight is 342 g/mol. The van der Waals surface area contributed by atoms with Crippen LogP contribution in [-0.4, -0.2) is 0 Å². The van der Waals surface area contributed by atoms with Gasteiger partial charge >= 0.3 is 0 Å². The normalized spacial score (nSPS) is 11.9. The third kappa shape index (κ3) is 3.43. The lowest BCUT2D eigenvalue weighted by atomic mass is 9.89. The maximum absolute atomic E-state index is 3.44. The number of unbranched alkanes of at least 4 members (excludes halogenated alkanes) is 7. The highest BCUT2D eigenvalue weighted by Crippen LogP contribution is 2.36. The summed E-state index contributed by atoms with van der Waals surface area (Å²) in [4.78, 5) is 0. The zero-order valence-electron chi connectivity index (χ0n) is 16.0. The van der Waals surface area contributed by atoms with Crippen molar-refractivity contribution in [3.05, 3.63) is 60.2 Å². The molecule has 26 heavy (non-hydrogen) atoms. The van der Waals surface area contributed by atoms with Crippen LogP contribution in [0, 0.1) is 6.07 Å². The Kier molecular flexibility index (Phi) is 5.39. The molecule has 0 saturated carbocycles. The number of hydrogen-bond acceptors (Lipinski definition) is 0. The molecule has 0 amide bonds. The fourth-order valence-corrected chi connectivity index (χ4v) is 4.42. The molecule has 133 valence electrons. The van der Waals surface area contributed by atoms with Crippen LogP contribution < -0.4 is 0 Å². The minimum absolute atomic E-state index is 1.19. The van der Waals surface area contributed by atoms with Gasteiger partial charge in [0.1, 0.15) is 0 Å². The van der Waals surface area contributed by atoms with Crippen molar-refractivity contribution >= 4 is 32.3 Å². The minimum Gasteiger partial charge on any atom is -0.0654 e. The van der Waals surface area contributed by atoms with E-state index < -0.39 is 0 Å². The van der Waals surface area contributed by atoms with E-state index >= 15 is 0 Å². The van der Waals surface area contributed by atoms with Gasteiger partial charge in [-0.15, -0.1) is 0 Å². The fourth-order valence-electron chi connectivity index (χ4n) is 4.42. The number of rotatable bonds is 9. The Morgan fingerprint density at radius 1 is 0.731 bits per heavy atom. The Hall–Kier alpha value is -2.08. The van der Waals surface area contributed by atoms with Crippen molar-refractivity contribution in [2.45, 2.75) is 64.7 Å². The summed E-state index contributed by atoms with van der Waals surface area (Å²) in [5, 5.41) is 8.25. The molecule has 0 fully saturated rings. The van der Waals surface area contributed by atoms with Crippen molar-refractivity contribution in [2.24, 2.45) is 0 Å². The van der Waals surface area contributed by atoms with Gasteiger partial charge in [-0.05, 0) is 56.8 Å². The van der Waals surface area contributed by atoms with Gasteiger partial charge in [-0.2, -0.15) is 0 Å². The van der Waals surface area contributed by atoms with Crippen LogP contribution in [0.25, 0.3) is 32.3 Å². The molecule has 0 bridgehead atoms. The average Bonchev–Trinajstić information content (AvgIpc) is 2.68. The standard InChI is InChI=1S/C26H29/c1-2-3-4-5-6-7-8-9-12-22-19-23-15-10-13-20-17-18-21-14-11-16-24(22)26(21)25(20)23/h10-11,13,15-19H,2-9,12H2,1H3. The van der Waals surface area contributed by atoms with E-state index in [1.165, 1.54) is 95.7 Å². The van der Waals surface area contributed by atoms with Crippen LogP contribution in [0.3, 0.4) is 0 Å². The zero-order chi connectivity index (χ0) is 17.8. The maximum atomic E-state index is 3.44. The summed E-state index contributed by atoms with van der Waals surface area (Å²) in [6, 6.07) is 21.4. The number of aryl methyl sites for hydroxylation is 1. The summed E-state index contributed by atoms with van der Waals surface area (Å²) in [5.41, 5.74) is 1.51. The van der Waals surface area contributed by atoms with Crippen LogP contribution in [0.2, 0.25) is 0 Å². The third-order valence-electron chi connectivity index (χ3n) is 5.81. The molecule has 0 aliphatic rings. The molecule has 4 aromatic rings. The Balaban J connectivity index is 1.52. The molecule has 0 unspecified atom stereocenters. The smallest absolute Gasteiger partial charge is 0.00178 e. The molecule has 0 atom stereocenters. The van der Waals surface area contributed by atoms with Crippen molar-refractivity contribution in [3.63, 3.8) is 0 Å². The third-order valence-corrected chi connectivity index (χ3v) is 5.81. The van der Waals surface area contributed by atoms with Crippen LogP contribution in [0.4, 0.5) is 0 Å². The Morgan fingerprint density at radius 2 is 1.50 bits per heavy atom. The molecule has 0 nitrogen and oxygen atoms in total. The first kappa shape index (κ1) is 17.3. The van der Waals surface area contributed by atoms with Crippen molar-refractivity contribution in [3.8, 4) is 0 Å². The van der Waals surface area contributed by atoms with E-state index in [-0.39, 0.29) is 0 Å². The molecule has 4 rings (SSSR count). The summed E-state index contributed by atoms with van der Waals surface area (Å²) in [6.07, 6.45) is 12.2. The first-order valence-electron chi connectivity index (χ1n) is 10.5. The highest BCUT2D eigenvalue weighted by molar-refractivity contribution is 6.23. The van der Waals surface area contributed by atoms with E-state index in [2.05, 4.69) is 61.5 Å². The lowest BCUT2D eigenvalue weighted by molar-refractivity contribution is 0.576. The van der Waals surface area contributed by atoms with Crippen LogP contribution in [0.1, 0.15) is 63.9 Å². The largest absolute Gasteiger partial charge is 0.0654 e. The van der Waals surface area contributed by atoms with E-state index in [1.54, 1.807) is 0 Å². The molecule has 4 aromatic carbocycles. The molecule has 0 N–H and O–H groups in total. The van der Waals surface area contributed by atoms with Crippen molar-refractivity contribution < 1.29 is 0 Å². The highest BCUT2D eigenvalue weighted by atomic mass is 14.1. The second kappa shape index (κ2) is 8.08. The van der Waals surface area contributed by atoms with Gasteiger partial charge in [-0.3, -0.25) is 0 Å². The van der Waals surface area contributed by atoms with Gasteiger partial charge in [0, 0.05) is 0 Å². The second-order valence-corrected chi connectivity index (χ2v) is 7.72. The number of benzene rings is 4. The molecule has 0 aliphatic carbocycles. The van der Waals surface area contributed by atoms with Gasteiger partial charge in [0.2, 0.25) is 0 Å². The number of hydrogen-bond donors (Lipinski definition) is 0. The fraction of sp³-hybridized carbons (Fsp3) is 0.385. The first-order chi connectivity index (χ1) is 12.9. The van der Waals surface area contributed by atoms with Crippen LogP contribution in [0.15, 0.2) is 48.5 Å². The Morgan fingerprint density at radius 3 is 2.35 bits per heavy atom. The highest BCUT2D eigenvalue weighted by Gasteiger charge is 2.11. The quantitative estimate of drug-likeness (QED) is 0.213. The molecule has 0 spiro atoms. The van der Waals surface area contributed by atoms with Gasteiger partial charge in [0.25, 0.3) is 0 Å². The van der Waals surface area contributed by atoms with Gasteiger partial charge in [-0.25, -0.2) is 0 Å². The summed E-state index contributed by atoms with van der Waals surface area (Å²) in [6.45, 7) is 2.29. The SMILES string of the molecule is CCCCCCCCCCc1cc2cccc3ccc4[c]ccc1c4c32. The predicted octanol–water partition coefficient (Wildman–Crippen LogP) is 8.07. The predicted molar refractivity (Wildman–Crippen MR) is 115 cm³/mol. The first-order valence-corrected chi connectivity index (χ1v) is 10.5. The molecule has 0 aromatic heterocycles. The second-order valence-electron chi connectivity index (χ2n) is 7.72. The molecular formula is C26H29. The van der Waals surface area contributed by atoms with Gasteiger partial charge in [0.15, 0.2) is 0 Å². The summed E-state index contributed by atoms with van der Waals surface area (Å²) in [5.74, 6) is 0. The van der Waals surface area contributed by atoms with Crippen LogP contribution >= 0.6 is 0 Å². The summed E-state index contributed by atoms with van der Waals surface area (Å²) in [7, 11) is 0. The van der Waals surface area contributed by atoms with Crippen molar-refractivity contribution in [1.82, 2.24) is 0 Å². The van der Waals surface area contributed by atoms with Gasteiger partial charge in [-0.1, -0.05) is 100 Å². The van der Waals surface area contributed by atoms with E-state index in [4.69, 9.17) is 0 Å². The summed E-state index contributed by atoms with van der Waals surface area (Å²) >= 11 is 0. The maximum Gasteiger partial charge on any atom is -0.00178 e. The molecular weight excluding hydrogens is 312 g/mol. The van der Waals surface area contributed by atoms with Crippen LogP contribution in [0.5, 0.6) is 0 Å². The van der Waals surface area contributed by atoms with Gasteiger partial charge in [0.05, 0.1) is 0 Å². The minimum atomic E-state index is 1.19. The Labute approximate surface area is 157 Å².